The molecular formula is C29H39N5O. The van der Waals surface area contributed by atoms with Gasteiger partial charge in [0.25, 0.3) is 0 Å². The number of rotatable bonds is 7. The molecule has 3 aromatic rings. The van der Waals surface area contributed by atoms with E-state index in [1.807, 2.05) is 7.05 Å². The van der Waals surface area contributed by atoms with Gasteiger partial charge < -0.3 is 19.8 Å². The molecule has 6 heteroatoms. The number of nitrogens with zero attached hydrogens (tertiary/aromatic N) is 5. The molecule has 1 saturated carbocycles. The van der Waals surface area contributed by atoms with E-state index in [0.717, 1.165) is 54.2 Å². The largest absolute Gasteiger partial charge is 0.395 e. The Morgan fingerprint density at radius 3 is 2.43 bits per heavy atom. The van der Waals surface area contributed by atoms with Crippen molar-refractivity contribution in [2.75, 3.05) is 62.1 Å². The first kappa shape index (κ1) is 23.9. The van der Waals surface area contributed by atoms with Crippen LogP contribution in [0.5, 0.6) is 0 Å². The summed E-state index contributed by atoms with van der Waals surface area (Å²) >= 11 is 0. The first-order chi connectivity index (χ1) is 16.9. The van der Waals surface area contributed by atoms with Crippen LogP contribution >= 0.6 is 0 Å². The van der Waals surface area contributed by atoms with Crippen molar-refractivity contribution in [3.8, 4) is 0 Å². The number of fused-ring (bicyclic) bond motifs is 1. The zero-order valence-electron chi connectivity index (χ0n) is 21.7. The third-order valence-electron chi connectivity index (χ3n) is 8.19. The summed E-state index contributed by atoms with van der Waals surface area (Å²) < 4.78 is 0. The average Bonchev–Trinajstić information content (AvgIpc) is 2.86. The molecule has 1 aromatic heterocycles. The Morgan fingerprint density at radius 2 is 1.77 bits per heavy atom. The quantitative estimate of drug-likeness (QED) is 0.524. The van der Waals surface area contributed by atoms with E-state index in [9.17, 15) is 5.11 Å². The average molecular weight is 474 g/mol. The highest BCUT2D eigenvalue weighted by molar-refractivity contribution is 5.92. The van der Waals surface area contributed by atoms with Crippen molar-refractivity contribution < 1.29 is 5.11 Å². The Balaban J connectivity index is 1.48. The second-order valence-corrected chi connectivity index (χ2v) is 10.8. The molecule has 0 amide bonds. The number of likely N-dealkylation sites (N-methyl/N-ethyl adjacent to an activating group) is 1. The van der Waals surface area contributed by atoms with Gasteiger partial charge in [0.2, 0.25) is 0 Å². The van der Waals surface area contributed by atoms with Gasteiger partial charge in [-0.15, -0.1) is 0 Å². The van der Waals surface area contributed by atoms with E-state index < -0.39 is 0 Å². The van der Waals surface area contributed by atoms with Crippen LogP contribution in [0.1, 0.15) is 56.3 Å². The molecule has 2 heterocycles. The smallest absolute Gasteiger partial charge is 0.140 e. The molecule has 5 rings (SSSR count). The predicted octanol–water partition coefficient (Wildman–Crippen LogP) is 4.95. The van der Waals surface area contributed by atoms with Gasteiger partial charge in [-0.3, -0.25) is 0 Å². The molecule has 186 valence electrons. The molecule has 1 saturated heterocycles. The van der Waals surface area contributed by atoms with Gasteiger partial charge in [0.05, 0.1) is 12.1 Å². The van der Waals surface area contributed by atoms with E-state index in [-0.39, 0.29) is 12.0 Å². The summed E-state index contributed by atoms with van der Waals surface area (Å²) in [7, 11) is 6.29. The standard InChI is InChI=1S/C29H39N5O/c1-29(14-7-15-29)28-30-25-11-10-22(33(4)18-19-35)20-24(25)27(31-28)34-16-12-21(13-17-34)23-8-5-6-9-26(23)32(2)3/h5-6,8-11,20-21,35H,7,12-19H2,1-4H3. The lowest BCUT2D eigenvalue weighted by atomic mass is 9.70. The number of piperidine rings is 1. The normalized spacial score (nSPS) is 17.9. The number of hydrogen-bond donors (Lipinski definition) is 1. The van der Waals surface area contributed by atoms with Crippen LogP contribution in [0.4, 0.5) is 17.2 Å². The van der Waals surface area contributed by atoms with E-state index in [1.54, 1.807) is 0 Å². The highest BCUT2D eigenvalue weighted by atomic mass is 16.3. The molecule has 2 fully saturated rings. The Hall–Kier alpha value is -2.86. The van der Waals surface area contributed by atoms with Gasteiger partial charge in [-0.2, -0.15) is 0 Å². The number of anilines is 3. The third-order valence-corrected chi connectivity index (χ3v) is 8.19. The van der Waals surface area contributed by atoms with Crippen molar-refractivity contribution in [1.82, 2.24) is 9.97 Å². The lowest BCUT2D eigenvalue weighted by Crippen LogP contribution is -2.36. The van der Waals surface area contributed by atoms with Gasteiger partial charge in [-0.05, 0) is 61.4 Å². The van der Waals surface area contributed by atoms with Crippen LogP contribution in [-0.2, 0) is 5.41 Å². The van der Waals surface area contributed by atoms with E-state index in [2.05, 4.69) is 78.2 Å². The molecule has 1 aliphatic carbocycles. The maximum atomic E-state index is 9.42. The Bertz CT molecular complexity index is 1180. The third kappa shape index (κ3) is 4.56. The van der Waals surface area contributed by atoms with Crippen LogP contribution in [0.15, 0.2) is 42.5 Å². The zero-order chi connectivity index (χ0) is 24.6. The Morgan fingerprint density at radius 1 is 1.03 bits per heavy atom. The maximum Gasteiger partial charge on any atom is 0.140 e. The van der Waals surface area contributed by atoms with Gasteiger partial charge in [-0.25, -0.2) is 9.97 Å². The van der Waals surface area contributed by atoms with Crippen LogP contribution in [0.2, 0.25) is 0 Å². The van der Waals surface area contributed by atoms with Crippen LogP contribution in [0, 0.1) is 0 Å². The van der Waals surface area contributed by atoms with E-state index in [1.165, 1.54) is 30.5 Å². The predicted molar refractivity (Wildman–Crippen MR) is 146 cm³/mol. The molecule has 0 spiro atoms. The van der Waals surface area contributed by atoms with Crippen molar-refractivity contribution in [1.29, 1.82) is 0 Å². The molecule has 0 radical (unpaired) electrons. The highest BCUT2D eigenvalue weighted by Gasteiger charge is 2.37. The molecule has 1 N–H and O–H groups in total. The summed E-state index contributed by atoms with van der Waals surface area (Å²) in [5, 5.41) is 10.5. The molecule has 0 bridgehead atoms. The number of aromatic nitrogens is 2. The van der Waals surface area contributed by atoms with Gasteiger partial charge in [0.1, 0.15) is 11.6 Å². The Labute approximate surface area is 209 Å². The van der Waals surface area contributed by atoms with Crippen molar-refractivity contribution in [2.45, 2.75) is 50.4 Å². The fourth-order valence-corrected chi connectivity index (χ4v) is 5.70. The van der Waals surface area contributed by atoms with Crippen LogP contribution < -0.4 is 14.7 Å². The number of hydrogen-bond acceptors (Lipinski definition) is 6. The minimum absolute atomic E-state index is 0.0955. The molecule has 6 nitrogen and oxygen atoms in total. The number of para-hydroxylation sites is 1. The SMILES string of the molecule is CN(C)c1ccccc1C1CCN(c2nc(C3(C)CCC3)nc3ccc(N(C)CCO)cc23)CC1. The first-order valence-electron chi connectivity index (χ1n) is 13.0. The van der Waals surface area contributed by atoms with Crippen molar-refractivity contribution in [3.05, 3.63) is 53.9 Å². The summed E-state index contributed by atoms with van der Waals surface area (Å²) in [6.45, 7) is 5.04. The monoisotopic (exact) mass is 473 g/mol. The minimum atomic E-state index is 0.0955. The molecule has 0 atom stereocenters. The van der Waals surface area contributed by atoms with E-state index in [0.29, 0.717) is 12.5 Å². The molecule has 0 unspecified atom stereocenters. The highest BCUT2D eigenvalue weighted by Crippen LogP contribution is 2.44. The molecule has 1 aliphatic heterocycles. The summed E-state index contributed by atoms with van der Waals surface area (Å²) in [4.78, 5) is 17.1. The second-order valence-electron chi connectivity index (χ2n) is 10.8. The van der Waals surface area contributed by atoms with Crippen LogP contribution in [0.3, 0.4) is 0 Å². The number of aliphatic hydroxyl groups excluding tert-OH is 1. The fourth-order valence-electron chi connectivity index (χ4n) is 5.70. The summed E-state index contributed by atoms with van der Waals surface area (Å²) in [6.07, 6.45) is 5.83. The molecule has 2 aromatic carbocycles. The van der Waals surface area contributed by atoms with E-state index >= 15 is 0 Å². The lowest BCUT2D eigenvalue weighted by Gasteiger charge is -2.39. The molecule has 2 aliphatic rings. The van der Waals surface area contributed by atoms with Crippen molar-refractivity contribution in [3.63, 3.8) is 0 Å². The lowest BCUT2D eigenvalue weighted by molar-refractivity contribution is 0.257. The van der Waals surface area contributed by atoms with Gasteiger partial charge >= 0.3 is 0 Å². The maximum absolute atomic E-state index is 9.42. The number of aliphatic hydroxyl groups is 1. The molecule has 35 heavy (non-hydrogen) atoms. The van der Waals surface area contributed by atoms with Crippen LogP contribution in [-0.4, -0.2) is 62.5 Å². The molecular weight excluding hydrogens is 434 g/mol. The topological polar surface area (TPSA) is 55.7 Å². The fraction of sp³-hybridized carbons (Fsp3) is 0.517. The van der Waals surface area contributed by atoms with Gasteiger partial charge in [0, 0.05) is 63.0 Å². The van der Waals surface area contributed by atoms with Crippen molar-refractivity contribution in [2.24, 2.45) is 0 Å². The van der Waals surface area contributed by atoms with E-state index in [4.69, 9.17) is 9.97 Å². The zero-order valence-corrected chi connectivity index (χ0v) is 21.7. The summed E-state index contributed by atoms with van der Waals surface area (Å²) in [6, 6.07) is 15.3. The minimum Gasteiger partial charge on any atom is -0.395 e. The first-order valence-corrected chi connectivity index (χ1v) is 13.0. The summed E-state index contributed by atoms with van der Waals surface area (Å²) in [5.41, 5.74) is 5.00. The summed E-state index contributed by atoms with van der Waals surface area (Å²) in [5.74, 6) is 2.65. The Kier molecular flexibility index (Phi) is 6.58. The van der Waals surface area contributed by atoms with Crippen molar-refractivity contribution >= 4 is 28.1 Å². The number of benzene rings is 2. The second kappa shape index (κ2) is 9.65. The van der Waals surface area contributed by atoms with Gasteiger partial charge in [-0.1, -0.05) is 31.5 Å². The van der Waals surface area contributed by atoms with Crippen LogP contribution in [0.25, 0.3) is 10.9 Å². The van der Waals surface area contributed by atoms with Gasteiger partial charge in [0.15, 0.2) is 0 Å².